The number of hydrogen-bond donors (Lipinski definition) is 2. The molecule has 1 amide bonds. The fraction of sp³-hybridized carbons (Fsp3) is 0.326. The summed E-state index contributed by atoms with van der Waals surface area (Å²) in [5, 5.41) is 14.8. The molecule has 330 valence electrons. The third kappa shape index (κ3) is 9.63. The van der Waals surface area contributed by atoms with Crippen LogP contribution in [0.5, 0.6) is 11.5 Å². The van der Waals surface area contributed by atoms with Crippen LogP contribution in [0.4, 0.5) is 5.82 Å². The van der Waals surface area contributed by atoms with E-state index in [9.17, 15) is 24.3 Å². The number of aliphatic hydroxyl groups excluding tert-OH is 1. The predicted octanol–water partition coefficient (Wildman–Crippen LogP) is 4.36. The first-order chi connectivity index (χ1) is 30.6. The van der Waals surface area contributed by atoms with Crippen molar-refractivity contribution in [2.24, 2.45) is 0 Å². The third-order valence-electron chi connectivity index (χ3n) is 10.4. The number of carbonyl (C=O) groups excluding carboxylic acids is 3. The van der Waals surface area contributed by atoms with Gasteiger partial charge in [0.15, 0.2) is 18.4 Å². The largest absolute Gasteiger partial charge is 0.497 e. The number of nitrogens with zero attached hydrogens (tertiary/aromatic N) is 2. The smallest absolute Gasteiger partial charge is 0.351 e. The van der Waals surface area contributed by atoms with Gasteiger partial charge in [-0.3, -0.25) is 9.36 Å². The number of aromatic nitrogens is 2. The molecule has 2 fully saturated rings. The minimum absolute atomic E-state index is 0.0199. The lowest BCUT2D eigenvalue weighted by atomic mass is 9.80. The van der Waals surface area contributed by atoms with E-state index >= 15 is 0 Å². The van der Waals surface area contributed by atoms with E-state index < -0.39 is 72.4 Å². The van der Waals surface area contributed by atoms with E-state index in [1.54, 1.807) is 82.7 Å². The number of nitrogens with one attached hydrogen (secondary N) is 1. The second kappa shape index (κ2) is 20.1. The first kappa shape index (κ1) is 44.6. The Balaban J connectivity index is 1.24. The SMILES string of the molecule is CCOC(=O)C1OC(O[C@@H]2[C@H](O)[C@@H](COC(c3ccccc3)(c3ccc(OC)cc3)c3ccc(OC)cc3)O[C@H]2n2ccc(NC(=O)c3ccccc3)nc2=O)OC1C(=O)OCC. The van der Waals surface area contributed by atoms with Crippen LogP contribution in [-0.4, -0.2) is 104 Å². The van der Waals surface area contributed by atoms with Crippen LogP contribution in [0.15, 0.2) is 126 Å². The number of ether oxygens (including phenoxy) is 9. The average molecular weight is 866 g/mol. The number of benzene rings is 4. The summed E-state index contributed by atoms with van der Waals surface area (Å²) in [6, 6.07) is 33.9. The Bertz CT molecular complexity index is 2310. The molecular weight excluding hydrogens is 819 g/mol. The number of methoxy groups -OCH3 is 2. The molecule has 6 atom stereocenters. The zero-order valence-corrected chi connectivity index (χ0v) is 34.9. The molecule has 5 aromatic rings. The van der Waals surface area contributed by atoms with Crippen LogP contribution in [-0.2, 0) is 48.3 Å². The molecule has 0 saturated carbocycles. The van der Waals surface area contributed by atoms with Crippen LogP contribution in [0, 0.1) is 0 Å². The van der Waals surface area contributed by atoms with Crippen molar-refractivity contribution in [2.75, 3.05) is 39.4 Å². The second-order valence-corrected chi connectivity index (χ2v) is 14.2. The molecular formula is C46H47N3O14. The van der Waals surface area contributed by atoms with E-state index in [-0.39, 0.29) is 25.6 Å². The van der Waals surface area contributed by atoms with E-state index in [0.29, 0.717) is 28.2 Å². The summed E-state index contributed by atoms with van der Waals surface area (Å²) in [6.07, 6.45) is -7.55. The number of amides is 1. The highest BCUT2D eigenvalue weighted by molar-refractivity contribution is 6.03. The van der Waals surface area contributed by atoms with E-state index in [2.05, 4.69) is 10.3 Å². The summed E-state index contributed by atoms with van der Waals surface area (Å²) in [7, 11) is 3.13. The van der Waals surface area contributed by atoms with Gasteiger partial charge in [0.05, 0.1) is 34.0 Å². The Kier molecular flexibility index (Phi) is 14.3. The lowest BCUT2D eigenvalue weighted by molar-refractivity contribution is -0.281. The quantitative estimate of drug-likeness (QED) is 0.0986. The molecule has 2 aliphatic heterocycles. The highest BCUT2D eigenvalue weighted by Crippen LogP contribution is 2.43. The van der Waals surface area contributed by atoms with Gasteiger partial charge in [0, 0.05) is 11.8 Å². The van der Waals surface area contributed by atoms with Crippen LogP contribution in [0.1, 0.15) is 47.1 Å². The summed E-state index contributed by atoms with van der Waals surface area (Å²) in [5.41, 5.74) is 0.266. The number of rotatable bonds is 17. The van der Waals surface area contributed by atoms with Crippen molar-refractivity contribution in [3.8, 4) is 11.5 Å². The van der Waals surface area contributed by atoms with E-state index in [1.807, 2.05) is 54.6 Å². The van der Waals surface area contributed by atoms with Crippen LogP contribution in [0.25, 0.3) is 0 Å². The molecule has 0 spiro atoms. The molecule has 0 aliphatic carbocycles. The van der Waals surface area contributed by atoms with Crippen LogP contribution < -0.4 is 20.5 Å². The minimum atomic E-state index is -1.76. The highest BCUT2D eigenvalue weighted by Gasteiger charge is 2.53. The molecule has 63 heavy (non-hydrogen) atoms. The summed E-state index contributed by atoms with van der Waals surface area (Å²) < 4.78 is 53.4. The van der Waals surface area contributed by atoms with Crippen molar-refractivity contribution < 1.29 is 62.1 Å². The van der Waals surface area contributed by atoms with Gasteiger partial charge in [0.1, 0.15) is 41.2 Å². The maximum absolute atomic E-state index is 13.8. The van der Waals surface area contributed by atoms with Gasteiger partial charge in [-0.1, -0.05) is 72.8 Å². The maximum atomic E-state index is 13.8. The van der Waals surface area contributed by atoms with Crippen LogP contribution in [0.3, 0.4) is 0 Å². The highest BCUT2D eigenvalue weighted by atomic mass is 16.9. The third-order valence-corrected chi connectivity index (χ3v) is 10.4. The standard InChI is InChI=1S/C46H47N3O14/c1-5-57-42(52)38-39(43(53)58-6-2)63-45(62-38)61-37-36(50)34(60-41(37)49-26-25-35(48-44(49)54)47-40(51)28-13-9-7-10-14-28)27-59-46(29-15-11-8-12-16-29,30-17-21-32(55-3)22-18-30)31-19-23-33(56-4)24-20-31/h7-26,34,36-39,41,45,50H,5-6,27H2,1-4H3,(H,47,48,51,54)/t34-,36-,37-,38?,39?,41-,45?/m1/s1. The Morgan fingerprint density at radius 3 is 1.76 bits per heavy atom. The lowest BCUT2D eigenvalue weighted by Crippen LogP contribution is -2.42. The molecule has 2 N–H and O–H groups in total. The molecule has 3 heterocycles. The predicted molar refractivity (Wildman–Crippen MR) is 223 cm³/mol. The summed E-state index contributed by atoms with van der Waals surface area (Å²) >= 11 is 0. The topological polar surface area (TPSA) is 201 Å². The van der Waals surface area contributed by atoms with Crippen LogP contribution >= 0.6 is 0 Å². The molecule has 1 aromatic heterocycles. The first-order valence-corrected chi connectivity index (χ1v) is 20.2. The molecule has 7 rings (SSSR count). The molecule has 0 bridgehead atoms. The monoisotopic (exact) mass is 865 g/mol. The van der Waals surface area contributed by atoms with Gasteiger partial charge in [-0.2, -0.15) is 4.98 Å². The Labute approximate surface area is 362 Å². The summed E-state index contributed by atoms with van der Waals surface area (Å²) in [6.45, 7) is 1.07. The van der Waals surface area contributed by atoms with Gasteiger partial charge < -0.3 is 53.1 Å². The van der Waals surface area contributed by atoms with Crippen molar-refractivity contribution in [3.05, 3.63) is 154 Å². The summed E-state index contributed by atoms with van der Waals surface area (Å²) in [5.74, 6) is -1.13. The Hall–Kier alpha value is -6.47. The van der Waals surface area contributed by atoms with E-state index in [4.69, 9.17) is 42.6 Å². The minimum Gasteiger partial charge on any atom is -0.497 e. The normalized spacial score (nSPS) is 22.0. The van der Waals surface area contributed by atoms with Crippen molar-refractivity contribution in [2.45, 2.75) is 62.7 Å². The maximum Gasteiger partial charge on any atom is 0.351 e. The molecule has 2 aliphatic rings. The summed E-state index contributed by atoms with van der Waals surface area (Å²) in [4.78, 5) is 56.6. The van der Waals surface area contributed by atoms with Crippen LogP contribution in [0.2, 0.25) is 0 Å². The number of anilines is 1. The number of esters is 2. The van der Waals surface area contributed by atoms with Gasteiger partial charge in [0.25, 0.3) is 12.4 Å². The van der Waals surface area contributed by atoms with Gasteiger partial charge in [-0.05, 0) is 73.0 Å². The molecule has 17 nitrogen and oxygen atoms in total. The average Bonchev–Trinajstić information content (AvgIpc) is 3.88. The lowest BCUT2D eigenvalue weighted by Gasteiger charge is -2.37. The first-order valence-electron chi connectivity index (χ1n) is 20.2. The fourth-order valence-electron chi connectivity index (χ4n) is 7.38. The van der Waals surface area contributed by atoms with Crippen molar-refractivity contribution in [1.82, 2.24) is 9.55 Å². The van der Waals surface area contributed by atoms with Gasteiger partial charge >= 0.3 is 17.6 Å². The van der Waals surface area contributed by atoms with Gasteiger partial charge in [0.2, 0.25) is 0 Å². The number of hydrogen-bond acceptors (Lipinski definition) is 15. The second-order valence-electron chi connectivity index (χ2n) is 14.2. The number of carbonyl (C=O) groups is 3. The molecule has 2 unspecified atom stereocenters. The van der Waals surface area contributed by atoms with Gasteiger partial charge in [-0.25, -0.2) is 14.4 Å². The molecule has 17 heteroatoms. The molecule has 0 radical (unpaired) electrons. The van der Waals surface area contributed by atoms with E-state index in [0.717, 1.165) is 10.1 Å². The number of aliphatic hydroxyl groups is 1. The van der Waals surface area contributed by atoms with Crippen molar-refractivity contribution >= 4 is 23.7 Å². The van der Waals surface area contributed by atoms with Gasteiger partial charge in [-0.15, -0.1) is 0 Å². The van der Waals surface area contributed by atoms with Crippen molar-refractivity contribution in [3.63, 3.8) is 0 Å². The Morgan fingerprint density at radius 2 is 1.25 bits per heavy atom. The van der Waals surface area contributed by atoms with Crippen molar-refractivity contribution in [1.29, 1.82) is 0 Å². The van der Waals surface area contributed by atoms with E-state index in [1.165, 1.54) is 12.3 Å². The Morgan fingerprint density at radius 1 is 0.730 bits per heavy atom. The zero-order chi connectivity index (χ0) is 44.5. The molecule has 2 saturated heterocycles. The fourth-order valence-corrected chi connectivity index (χ4v) is 7.38. The molecule has 4 aromatic carbocycles. The zero-order valence-electron chi connectivity index (χ0n) is 34.9.